The summed E-state index contributed by atoms with van der Waals surface area (Å²) in [6.45, 7) is 4.00. The number of anilines is 1. The second kappa shape index (κ2) is 13.6. The van der Waals surface area contributed by atoms with E-state index in [-0.39, 0.29) is 30.1 Å². The molecule has 0 spiro atoms. The highest BCUT2D eigenvalue weighted by Gasteiger charge is 2.33. The molecule has 2 aliphatic carbocycles. The lowest BCUT2D eigenvalue weighted by molar-refractivity contribution is 0.189. The van der Waals surface area contributed by atoms with Crippen LogP contribution in [0, 0.1) is 11.8 Å². The third kappa shape index (κ3) is 7.68. The van der Waals surface area contributed by atoms with E-state index in [4.69, 9.17) is 9.79 Å². The molecule has 1 aromatic heterocycles. The van der Waals surface area contributed by atoms with Crippen molar-refractivity contribution in [2.75, 3.05) is 18.0 Å². The molecular weight excluding hydrogens is 499 g/mol. The summed E-state index contributed by atoms with van der Waals surface area (Å²) in [5.41, 5.74) is 1.30. The Kier molecular flexibility index (Phi) is 10.4. The number of nitrogens with zero attached hydrogens (tertiary/aromatic N) is 2. The van der Waals surface area contributed by atoms with Crippen LogP contribution >= 0.6 is 7.60 Å². The van der Waals surface area contributed by atoms with Crippen molar-refractivity contribution in [1.82, 2.24) is 14.9 Å². The van der Waals surface area contributed by atoms with E-state index < -0.39 is 7.60 Å². The van der Waals surface area contributed by atoms with E-state index in [1.54, 1.807) is 32.1 Å². The zero-order chi connectivity index (χ0) is 27.1. The average molecular weight is 547 g/mol. The molecule has 38 heavy (non-hydrogen) atoms. The molecule has 2 saturated heterocycles. The van der Waals surface area contributed by atoms with Crippen molar-refractivity contribution in [2.24, 2.45) is 11.8 Å². The second-order valence-electron chi connectivity index (χ2n) is 11.4. The number of hydrogen-bond acceptors (Lipinski definition) is 5. The minimum absolute atomic E-state index is 0.00231. The molecule has 2 unspecified atom stereocenters. The van der Waals surface area contributed by atoms with Gasteiger partial charge in [-0.15, -0.1) is 0 Å². The van der Waals surface area contributed by atoms with Crippen molar-refractivity contribution in [3.8, 4) is 0 Å². The number of piperidine rings is 2. The minimum atomic E-state index is -4.12. The Morgan fingerprint density at radius 3 is 2.11 bits per heavy atom. The van der Waals surface area contributed by atoms with Crippen molar-refractivity contribution < 1.29 is 14.4 Å². The van der Waals surface area contributed by atoms with Crippen LogP contribution in [0.15, 0.2) is 29.1 Å². The van der Waals surface area contributed by atoms with Gasteiger partial charge in [0.1, 0.15) is 0 Å². The average Bonchev–Trinajstić information content (AvgIpc) is 2.90. The van der Waals surface area contributed by atoms with Gasteiger partial charge in [-0.05, 0) is 56.1 Å². The Morgan fingerprint density at radius 2 is 1.53 bits per heavy atom. The highest BCUT2D eigenvalue weighted by atomic mass is 31.2. The molecule has 4 fully saturated rings. The van der Waals surface area contributed by atoms with Crippen LogP contribution in [-0.2, 0) is 4.57 Å². The second-order valence-corrected chi connectivity index (χ2v) is 13.2. The lowest BCUT2D eigenvalue weighted by Gasteiger charge is -2.41. The van der Waals surface area contributed by atoms with Crippen molar-refractivity contribution in [1.29, 1.82) is 0 Å². The number of hydrogen-bond donors (Lipinski definition) is 4. The van der Waals surface area contributed by atoms with Crippen LogP contribution < -0.4 is 16.2 Å². The fourth-order valence-corrected chi connectivity index (χ4v) is 7.42. The molecule has 6 rings (SSSR count). The monoisotopic (exact) mass is 546 g/mol. The summed E-state index contributed by atoms with van der Waals surface area (Å²) in [4.78, 5) is 35.7. The smallest absolute Gasteiger partial charge is 0.327 e. The predicted octanol–water partition coefficient (Wildman–Crippen LogP) is 5.83. The Bertz CT molecular complexity index is 1120. The lowest BCUT2D eigenvalue weighted by atomic mass is 9.72. The standard InChI is InChI=1S/C18H25N4O4P.C9H16.C2H6/c23-18-17(19-8-9-27(24,25)26)21-15-6-1-2-7-16(15)22(18)14-10-12-4-3-5-13(11-14)20-12;1-3-8-5-2-6-9(4-1)7-8;1-2/h1-2,6-7,12-14,20H,3-5,8-11H2,(H,19,21)(H2,24,25,26);8-9H,1-7H2;1-2H3. The van der Waals surface area contributed by atoms with Crippen LogP contribution in [0.3, 0.4) is 0 Å². The summed E-state index contributed by atoms with van der Waals surface area (Å²) < 4.78 is 12.9. The van der Waals surface area contributed by atoms with E-state index in [9.17, 15) is 9.36 Å². The van der Waals surface area contributed by atoms with Gasteiger partial charge in [0, 0.05) is 24.7 Å². The van der Waals surface area contributed by atoms with E-state index in [0.29, 0.717) is 17.6 Å². The molecule has 2 aliphatic heterocycles. The first-order valence-corrected chi connectivity index (χ1v) is 16.7. The summed E-state index contributed by atoms with van der Waals surface area (Å²) in [5.74, 6) is 2.46. The number of para-hydroxylation sites is 2. The van der Waals surface area contributed by atoms with Crippen molar-refractivity contribution in [2.45, 2.75) is 109 Å². The van der Waals surface area contributed by atoms with Crippen molar-refractivity contribution >= 4 is 24.4 Å². The van der Waals surface area contributed by atoms with Gasteiger partial charge < -0.3 is 25.0 Å². The highest BCUT2D eigenvalue weighted by Crippen LogP contribution is 2.39. The number of benzene rings is 1. The van der Waals surface area contributed by atoms with Crippen LogP contribution in [0.4, 0.5) is 5.82 Å². The molecule has 2 saturated carbocycles. The minimum Gasteiger partial charge on any atom is -0.365 e. The molecule has 0 amide bonds. The first kappa shape index (κ1) is 29.3. The molecular formula is C29H47N4O4P. The largest absolute Gasteiger partial charge is 0.365 e. The van der Waals surface area contributed by atoms with Crippen LogP contribution in [-0.4, -0.2) is 44.1 Å². The zero-order valence-corrected chi connectivity index (χ0v) is 24.0. The van der Waals surface area contributed by atoms with E-state index in [0.717, 1.165) is 43.0 Å². The van der Waals surface area contributed by atoms with Crippen LogP contribution in [0.2, 0.25) is 0 Å². The molecule has 4 bridgehead atoms. The van der Waals surface area contributed by atoms with E-state index in [1.165, 1.54) is 19.3 Å². The van der Waals surface area contributed by atoms with Crippen LogP contribution in [0.5, 0.6) is 0 Å². The Morgan fingerprint density at radius 1 is 0.947 bits per heavy atom. The molecule has 0 radical (unpaired) electrons. The summed E-state index contributed by atoms with van der Waals surface area (Å²) in [6.07, 6.45) is 15.9. The fourth-order valence-electron chi connectivity index (χ4n) is 7.02. The Hall–Kier alpha value is -1.73. The van der Waals surface area contributed by atoms with Gasteiger partial charge in [0.2, 0.25) is 0 Å². The SMILES string of the molecule is C1CC2CCCC(C1)C2.CC.O=c1c(NCCP(=O)(O)O)nc2ccccc2n1C1CC2CCCC(C1)N2. The molecule has 4 aliphatic rings. The van der Waals surface area contributed by atoms with Gasteiger partial charge >= 0.3 is 7.60 Å². The van der Waals surface area contributed by atoms with E-state index in [1.807, 2.05) is 42.7 Å². The first-order valence-electron chi connectivity index (χ1n) is 14.9. The quantitative estimate of drug-likeness (QED) is 0.349. The first-order chi connectivity index (χ1) is 18.4. The molecule has 3 heterocycles. The maximum Gasteiger partial charge on any atom is 0.327 e. The third-order valence-corrected chi connectivity index (χ3v) is 9.47. The molecule has 2 atom stereocenters. The van der Waals surface area contributed by atoms with Gasteiger partial charge in [0.25, 0.3) is 5.56 Å². The molecule has 212 valence electrons. The number of fused-ring (bicyclic) bond motifs is 5. The Labute approximate surface area is 227 Å². The predicted molar refractivity (Wildman–Crippen MR) is 155 cm³/mol. The summed E-state index contributed by atoms with van der Waals surface area (Å²) in [7, 11) is -4.12. The van der Waals surface area contributed by atoms with Gasteiger partial charge in [-0.25, -0.2) is 4.98 Å². The van der Waals surface area contributed by atoms with Gasteiger partial charge in [-0.1, -0.05) is 70.9 Å². The maximum atomic E-state index is 13.2. The van der Waals surface area contributed by atoms with Crippen molar-refractivity contribution in [3.63, 3.8) is 0 Å². The number of aromatic nitrogens is 2. The Balaban J connectivity index is 0.000000254. The molecule has 2 aromatic rings. The molecule has 4 N–H and O–H groups in total. The van der Waals surface area contributed by atoms with Crippen molar-refractivity contribution in [3.05, 3.63) is 34.6 Å². The van der Waals surface area contributed by atoms with Gasteiger partial charge in [0.15, 0.2) is 5.82 Å². The number of rotatable bonds is 5. The fraction of sp³-hybridized carbons (Fsp3) is 0.724. The lowest BCUT2D eigenvalue weighted by Crippen LogP contribution is -2.50. The van der Waals surface area contributed by atoms with Gasteiger partial charge in [-0.2, -0.15) is 0 Å². The van der Waals surface area contributed by atoms with Crippen LogP contribution in [0.1, 0.15) is 96.9 Å². The maximum absolute atomic E-state index is 13.2. The van der Waals surface area contributed by atoms with E-state index in [2.05, 4.69) is 15.6 Å². The summed E-state index contributed by atoms with van der Waals surface area (Å²) >= 11 is 0. The van der Waals surface area contributed by atoms with Crippen LogP contribution in [0.25, 0.3) is 11.0 Å². The summed E-state index contributed by atoms with van der Waals surface area (Å²) in [6, 6.07) is 8.54. The molecule has 8 nitrogen and oxygen atoms in total. The summed E-state index contributed by atoms with van der Waals surface area (Å²) in [5, 5.41) is 6.49. The van der Waals surface area contributed by atoms with E-state index >= 15 is 0 Å². The molecule has 1 aromatic carbocycles. The third-order valence-electron chi connectivity index (χ3n) is 8.66. The number of nitrogens with one attached hydrogen (secondary N) is 2. The van der Waals surface area contributed by atoms with Gasteiger partial charge in [0.05, 0.1) is 17.2 Å². The molecule has 9 heteroatoms. The topological polar surface area (TPSA) is 116 Å². The van der Waals surface area contributed by atoms with Gasteiger partial charge in [-0.3, -0.25) is 9.36 Å². The zero-order valence-electron chi connectivity index (χ0n) is 23.1. The highest BCUT2D eigenvalue weighted by molar-refractivity contribution is 7.51. The normalized spacial score (nSPS) is 28.4.